The number of amides is 1. The third-order valence-corrected chi connectivity index (χ3v) is 3.08. The van der Waals surface area contributed by atoms with Crippen LogP contribution in [-0.2, 0) is 4.79 Å². The van der Waals surface area contributed by atoms with Gasteiger partial charge in [-0.2, -0.15) is 0 Å². The number of halogens is 1. The highest BCUT2D eigenvalue weighted by atomic mass is 35.5. The van der Waals surface area contributed by atoms with Crippen LogP contribution < -0.4 is 10.6 Å². The van der Waals surface area contributed by atoms with Crippen LogP contribution in [0, 0.1) is 0 Å². The van der Waals surface area contributed by atoms with Crippen molar-refractivity contribution in [2.45, 2.75) is 18.9 Å². The Kier molecular flexibility index (Phi) is 3.84. The van der Waals surface area contributed by atoms with Crippen LogP contribution in [0.2, 0.25) is 5.02 Å². The van der Waals surface area contributed by atoms with E-state index in [2.05, 4.69) is 10.6 Å². The number of anilines is 1. The smallest absolute Gasteiger partial charge is 0.337 e. The van der Waals surface area contributed by atoms with Gasteiger partial charge in [-0.25, -0.2) is 4.79 Å². The van der Waals surface area contributed by atoms with E-state index in [1.54, 1.807) is 0 Å². The van der Waals surface area contributed by atoms with Crippen molar-refractivity contribution in [2.24, 2.45) is 0 Å². The Morgan fingerprint density at radius 2 is 2.22 bits per heavy atom. The molecule has 1 heterocycles. The summed E-state index contributed by atoms with van der Waals surface area (Å²) >= 11 is 5.80. The second-order valence-corrected chi connectivity index (χ2v) is 4.57. The van der Waals surface area contributed by atoms with Crippen molar-refractivity contribution in [3.05, 3.63) is 28.8 Å². The van der Waals surface area contributed by atoms with Crippen molar-refractivity contribution in [1.82, 2.24) is 5.32 Å². The van der Waals surface area contributed by atoms with Crippen LogP contribution in [0.5, 0.6) is 0 Å². The summed E-state index contributed by atoms with van der Waals surface area (Å²) in [4.78, 5) is 22.9. The molecule has 6 heteroatoms. The lowest BCUT2D eigenvalue weighted by Crippen LogP contribution is -2.35. The Bertz CT molecular complexity index is 484. The molecule has 1 fully saturated rings. The number of carbonyl (C=O) groups excluding carboxylic acids is 1. The van der Waals surface area contributed by atoms with Crippen molar-refractivity contribution in [2.75, 3.05) is 11.9 Å². The molecule has 96 valence electrons. The van der Waals surface area contributed by atoms with Crippen LogP contribution in [0.15, 0.2) is 18.2 Å². The predicted octanol–water partition coefficient (Wildman–Crippen LogP) is 1.73. The van der Waals surface area contributed by atoms with Crippen LogP contribution in [0.25, 0.3) is 0 Å². The molecule has 1 saturated heterocycles. The molecule has 1 aliphatic heterocycles. The van der Waals surface area contributed by atoms with Gasteiger partial charge in [0.2, 0.25) is 5.91 Å². The number of hydrogen-bond acceptors (Lipinski definition) is 3. The molecule has 0 spiro atoms. The highest BCUT2D eigenvalue weighted by Gasteiger charge is 2.23. The summed E-state index contributed by atoms with van der Waals surface area (Å²) in [6.07, 6.45) is 1.70. The Balaban J connectivity index is 2.19. The van der Waals surface area contributed by atoms with E-state index in [1.807, 2.05) is 0 Å². The van der Waals surface area contributed by atoms with Crippen molar-refractivity contribution >= 4 is 29.2 Å². The molecule has 0 saturated carbocycles. The number of rotatable bonds is 3. The average Bonchev–Trinajstić information content (AvgIpc) is 2.81. The topological polar surface area (TPSA) is 78.4 Å². The minimum atomic E-state index is -1.10. The van der Waals surface area contributed by atoms with E-state index in [4.69, 9.17) is 16.7 Å². The fraction of sp³-hybridized carbons (Fsp3) is 0.333. The van der Waals surface area contributed by atoms with Gasteiger partial charge in [-0.3, -0.25) is 4.79 Å². The highest BCUT2D eigenvalue weighted by molar-refractivity contribution is 6.31. The van der Waals surface area contributed by atoms with Crippen LogP contribution in [0.4, 0.5) is 5.69 Å². The maximum absolute atomic E-state index is 11.9. The van der Waals surface area contributed by atoms with E-state index in [-0.39, 0.29) is 23.2 Å². The molecule has 0 radical (unpaired) electrons. The van der Waals surface area contributed by atoms with Gasteiger partial charge in [0, 0.05) is 5.02 Å². The molecular formula is C12H13ClN2O3. The number of nitrogens with one attached hydrogen (secondary N) is 2. The lowest BCUT2D eigenvalue weighted by molar-refractivity contribution is -0.117. The van der Waals surface area contributed by atoms with Gasteiger partial charge in [-0.1, -0.05) is 11.6 Å². The first-order chi connectivity index (χ1) is 8.58. The van der Waals surface area contributed by atoms with Crippen molar-refractivity contribution in [1.29, 1.82) is 0 Å². The van der Waals surface area contributed by atoms with Crippen LogP contribution in [-0.4, -0.2) is 29.6 Å². The maximum atomic E-state index is 11.9. The van der Waals surface area contributed by atoms with Gasteiger partial charge in [0.15, 0.2) is 0 Å². The van der Waals surface area contributed by atoms with Gasteiger partial charge in [0.25, 0.3) is 0 Å². The van der Waals surface area contributed by atoms with Crippen LogP contribution >= 0.6 is 11.6 Å². The minimum absolute atomic E-state index is 0.0331. The van der Waals surface area contributed by atoms with Gasteiger partial charge in [-0.05, 0) is 37.6 Å². The number of hydrogen-bond donors (Lipinski definition) is 3. The summed E-state index contributed by atoms with van der Waals surface area (Å²) in [5, 5.41) is 15.1. The fourth-order valence-electron chi connectivity index (χ4n) is 1.93. The Hall–Kier alpha value is -1.59. The minimum Gasteiger partial charge on any atom is -0.478 e. The van der Waals surface area contributed by atoms with Crippen molar-refractivity contribution < 1.29 is 14.7 Å². The van der Waals surface area contributed by atoms with E-state index >= 15 is 0 Å². The summed E-state index contributed by atoms with van der Waals surface area (Å²) in [6.45, 7) is 0.805. The largest absolute Gasteiger partial charge is 0.478 e. The Morgan fingerprint density at radius 1 is 1.44 bits per heavy atom. The second-order valence-electron chi connectivity index (χ2n) is 4.13. The van der Waals surface area contributed by atoms with Gasteiger partial charge in [0.05, 0.1) is 17.3 Å². The standard InChI is InChI=1S/C12H13ClN2O3/c13-7-3-4-8(12(17)18)10(6-7)15-11(16)9-2-1-5-14-9/h3-4,6,9,14H,1-2,5H2,(H,15,16)(H,17,18)/t9-/m0/s1. The third-order valence-electron chi connectivity index (χ3n) is 2.85. The molecule has 5 nitrogen and oxygen atoms in total. The first-order valence-electron chi connectivity index (χ1n) is 5.65. The highest BCUT2D eigenvalue weighted by Crippen LogP contribution is 2.22. The van der Waals surface area contributed by atoms with Crippen molar-refractivity contribution in [3.8, 4) is 0 Å². The molecule has 0 bridgehead atoms. The summed E-state index contributed by atoms with van der Waals surface area (Å²) in [5.74, 6) is -1.32. The van der Waals surface area contributed by atoms with Gasteiger partial charge >= 0.3 is 5.97 Å². The zero-order valence-corrected chi connectivity index (χ0v) is 10.3. The molecule has 3 N–H and O–H groups in total. The molecule has 2 rings (SSSR count). The second kappa shape index (κ2) is 5.37. The molecule has 18 heavy (non-hydrogen) atoms. The molecule has 0 aliphatic carbocycles. The molecule has 1 aromatic carbocycles. The fourth-order valence-corrected chi connectivity index (χ4v) is 2.11. The van der Waals surface area contributed by atoms with Gasteiger partial charge < -0.3 is 15.7 Å². The molecule has 1 aromatic rings. The molecule has 1 atom stereocenters. The van der Waals surface area contributed by atoms with E-state index in [0.29, 0.717) is 5.02 Å². The summed E-state index contributed by atoms with van der Waals surface area (Å²) in [5.41, 5.74) is 0.263. The zero-order chi connectivity index (χ0) is 13.1. The molecule has 1 amide bonds. The quantitative estimate of drug-likeness (QED) is 0.780. The van der Waals surface area contributed by atoms with E-state index in [1.165, 1.54) is 18.2 Å². The number of carbonyl (C=O) groups is 2. The normalized spacial score (nSPS) is 18.6. The monoisotopic (exact) mass is 268 g/mol. The average molecular weight is 269 g/mol. The Morgan fingerprint density at radius 3 is 2.83 bits per heavy atom. The third kappa shape index (κ3) is 2.80. The summed E-state index contributed by atoms with van der Waals surface area (Å²) in [7, 11) is 0. The molecule has 0 unspecified atom stereocenters. The summed E-state index contributed by atoms with van der Waals surface area (Å²) < 4.78 is 0. The number of aromatic carboxylic acids is 1. The van der Waals surface area contributed by atoms with Gasteiger partial charge in [0.1, 0.15) is 0 Å². The van der Waals surface area contributed by atoms with E-state index < -0.39 is 5.97 Å². The lowest BCUT2D eigenvalue weighted by atomic mass is 10.1. The SMILES string of the molecule is O=C(O)c1ccc(Cl)cc1NC(=O)[C@@H]1CCCN1. The van der Waals surface area contributed by atoms with Gasteiger partial charge in [-0.15, -0.1) is 0 Å². The van der Waals surface area contributed by atoms with Crippen molar-refractivity contribution in [3.63, 3.8) is 0 Å². The van der Waals surface area contributed by atoms with Crippen LogP contribution in [0.3, 0.4) is 0 Å². The molecular weight excluding hydrogens is 256 g/mol. The maximum Gasteiger partial charge on any atom is 0.337 e. The molecule has 1 aliphatic rings. The van der Waals surface area contributed by atoms with E-state index in [0.717, 1.165) is 19.4 Å². The lowest BCUT2D eigenvalue weighted by Gasteiger charge is -2.13. The number of carboxylic acids is 1. The first-order valence-corrected chi connectivity index (χ1v) is 6.03. The zero-order valence-electron chi connectivity index (χ0n) is 9.57. The van der Waals surface area contributed by atoms with E-state index in [9.17, 15) is 9.59 Å². The number of benzene rings is 1. The predicted molar refractivity (Wildman–Crippen MR) is 68.1 cm³/mol. The number of carboxylic acid groups (broad SMARTS) is 1. The Labute approximate surface area is 109 Å². The first kappa shape index (κ1) is 12.9. The van der Waals surface area contributed by atoms with Crippen LogP contribution in [0.1, 0.15) is 23.2 Å². The summed E-state index contributed by atoms with van der Waals surface area (Å²) in [6, 6.07) is 4.04. The molecule has 0 aromatic heterocycles.